The van der Waals surface area contributed by atoms with Gasteiger partial charge < -0.3 is 15.4 Å². The highest BCUT2D eigenvalue weighted by Crippen LogP contribution is 2.02. The molecule has 102 valence electrons. The minimum absolute atomic E-state index is 0.223. The van der Waals surface area contributed by atoms with Gasteiger partial charge in [0.2, 0.25) is 0 Å². The molecule has 0 saturated carbocycles. The highest BCUT2D eigenvalue weighted by Gasteiger charge is 2.10. The number of halogens is 1. The molecule has 2 amide bonds. The van der Waals surface area contributed by atoms with E-state index in [9.17, 15) is 18.8 Å². The van der Waals surface area contributed by atoms with E-state index in [2.05, 4.69) is 15.4 Å². The van der Waals surface area contributed by atoms with E-state index in [1.165, 1.54) is 19.2 Å². The lowest BCUT2D eigenvalue weighted by Crippen LogP contribution is -2.33. The van der Waals surface area contributed by atoms with Crippen molar-refractivity contribution in [3.05, 3.63) is 35.6 Å². The third kappa shape index (κ3) is 5.15. The molecule has 0 aliphatic heterocycles. The number of carbonyl (C=O) groups is 3. The molecule has 0 saturated heterocycles. The Kier molecular flexibility index (Phi) is 5.46. The molecule has 7 heteroatoms. The van der Waals surface area contributed by atoms with E-state index >= 15 is 0 Å². The second-order valence-corrected chi connectivity index (χ2v) is 3.52. The van der Waals surface area contributed by atoms with Crippen molar-refractivity contribution in [2.75, 3.05) is 20.2 Å². The fourth-order valence-electron chi connectivity index (χ4n) is 1.13. The lowest BCUT2D eigenvalue weighted by Gasteiger charge is -2.06. The van der Waals surface area contributed by atoms with Gasteiger partial charge in [0.25, 0.3) is 11.8 Å². The molecule has 0 bridgehead atoms. The van der Waals surface area contributed by atoms with E-state index in [-0.39, 0.29) is 12.1 Å². The van der Waals surface area contributed by atoms with Gasteiger partial charge in [-0.15, -0.1) is 0 Å². The second-order valence-electron chi connectivity index (χ2n) is 3.52. The van der Waals surface area contributed by atoms with E-state index in [4.69, 9.17) is 0 Å². The Balaban J connectivity index is 2.36. The molecule has 6 nitrogen and oxygen atoms in total. The van der Waals surface area contributed by atoms with Gasteiger partial charge in [0, 0.05) is 12.6 Å². The highest BCUT2D eigenvalue weighted by molar-refractivity contribution is 5.96. The van der Waals surface area contributed by atoms with Gasteiger partial charge in [-0.2, -0.15) is 0 Å². The molecule has 0 unspecified atom stereocenters. The molecule has 1 aromatic carbocycles. The molecular formula is C12H13FN2O4. The fraction of sp³-hybridized carbons (Fsp3) is 0.250. The van der Waals surface area contributed by atoms with Crippen LogP contribution >= 0.6 is 0 Å². The van der Waals surface area contributed by atoms with Gasteiger partial charge in [0.15, 0.2) is 6.61 Å². The first-order valence-corrected chi connectivity index (χ1v) is 5.43. The monoisotopic (exact) mass is 268 g/mol. The first-order chi connectivity index (χ1) is 9.02. The Labute approximate surface area is 108 Å². The van der Waals surface area contributed by atoms with E-state index in [1.54, 1.807) is 0 Å². The number of amides is 2. The quantitative estimate of drug-likeness (QED) is 0.727. The number of hydrogen-bond donors (Lipinski definition) is 2. The van der Waals surface area contributed by atoms with E-state index < -0.39 is 30.2 Å². The van der Waals surface area contributed by atoms with Gasteiger partial charge in [-0.25, -0.2) is 4.39 Å². The van der Waals surface area contributed by atoms with E-state index in [0.717, 1.165) is 12.1 Å². The number of rotatable bonds is 5. The summed E-state index contributed by atoms with van der Waals surface area (Å²) in [4.78, 5) is 33.5. The van der Waals surface area contributed by atoms with Crippen LogP contribution in [0.1, 0.15) is 10.4 Å². The Morgan fingerprint density at radius 2 is 1.84 bits per heavy atom. The number of benzene rings is 1. The Morgan fingerprint density at radius 1 is 1.21 bits per heavy atom. The fourth-order valence-corrected chi connectivity index (χ4v) is 1.13. The zero-order chi connectivity index (χ0) is 14.3. The average Bonchev–Trinajstić information content (AvgIpc) is 2.42. The van der Waals surface area contributed by atoms with Crippen LogP contribution in [-0.2, 0) is 14.3 Å². The largest absolute Gasteiger partial charge is 0.454 e. The Hall–Kier alpha value is -2.44. The van der Waals surface area contributed by atoms with Gasteiger partial charge in [-0.05, 0) is 24.3 Å². The minimum Gasteiger partial charge on any atom is -0.454 e. The zero-order valence-electron chi connectivity index (χ0n) is 10.2. The first kappa shape index (κ1) is 14.6. The lowest BCUT2D eigenvalue weighted by atomic mass is 10.2. The topological polar surface area (TPSA) is 84.5 Å². The van der Waals surface area contributed by atoms with Crippen molar-refractivity contribution in [1.29, 1.82) is 0 Å². The molecule has 0 spiro atoms. The number of nitrogens with one attached hydrogen (secondary N) is 2. The summed E-state index contributed by atoms with van der Waals surface area (Å²) in [6.07, 6.45) is 0. The van der Waals surface area contributed by atoms with Crippen molar-refractivity contribution >= 4 is 17.8 Å². The van der Waals surface area contributed by atoms with Crippen LogP contribution in [0.25, 0.3) is 0 Å². The smallest absolute Gasteiger partial charge is 0.325 e. The summed E-state index contributed by atoms with van der Waals surface area (Å²) in [6.45, 7) is -0.769. The number of likely N-dealkylation sites (N-methyl/N-ethyl adjacent to an activating group) is 1. The summed E-state index contributed by atoms with van der Waals surface area (Å²) in [5, 5.41) is 4.57. The van der Waals surface area contributed by atoms with Crippen molar-refractivity contribution < 1.29 is 23.5 Å². The van der Waals surface area contributed by atoms with Crippen LogP contribution in [0.3, 0.4) is 0 Å². The molecule has 0 aliphatic rings. The van der Waals surface area contributed by atoms with Gasteiger partial charge in [0.1, 0.15) is 12.4 Å². The number of carbonyl (C=O) groups excluding carboxylic acids is 3. The number of ether oxygens (including phenoxy) is 1. The molecule has 19 heavy (non-hydrogen) atoms. The maximum Gasteiger partial charge on any atom is 0.325 e. The lowest BCUT2D eigenvalue weighted by molar-refractivity contribution is -0.147. The normalized spacial score (nSPS) is 9.58. The van der Waals surface area contributed by atoms with Gasteiger partial charge in [0.05, 0.1) is 0 Å². The summed E-state index contributed by atoms with van der Waals surface area (Å²) in [6, 6.07) is 4.86. The SMILES string of the molecule is CNC(=O)COC(=O)CNC(=O)c1ccc(F)cc1. The van der Waals surface area contributed by atoms with Crippen LogP contribution in [-0.4, -0.2) is 38.0 Å². The third-order valence-corrected chi connectivity index (χ3v) is 2.14. The van der Waals surface area contributed by atoms with Crippen LogP contribution in [0.5, 0.6) is 0 Å². The molecule has 0 atom stereocenters. The van der Waals surface area contributed by atoms with Crippen LogP contribution in [0.15, 0.2) is 24.3 Å². The van der Waals surface area contributed by atoms with Gasteiger partial charge >= 0.3 is 5.97 Å². The minimum atomic E-state index is -0.737. The van der Waals surface area contributed by atoms with Crippen molar-refractivity contribution in [3.8, 4) is 0 Å². The summed E-state index contributed by atoms with van der Waals surface area (Å²) < 4.78 is 17.2. The third-order valence-electron chi connectivity index (χ3n) is 2.14. The predicted octanol–water partition coefficient (Wildman–Crippen LogP) is -0.155. The van der Waals surface area contributed by atoms with Crippen LogP contribution in [0, 0.1) is 5.82 Å². The standard InChI is InChI=1S/C12H13FN2O4/c1-14-10(16)7-19-11(17)6-15-12(18)8-2-4-9(13)5-3-8/h2-5H,6-7H2,1H3,(H,14,16)(H,15,18). The van der Waals surface area contributed by atoms with Crippen LogP contribution in [0.2, 0.25) is 0 Å². The number of esters is 1. The molecule has 2 N–H and O–H groups in total. The zero-order valence-corrected chi connectivity index (χ0v) is 10.2. The van der Waals surface area contributed by atoms with E-state index in [1.807, 2.05) is 0 Å². The summed E-state index contributed by atoms with van der Waals surface area (Å²) in [5.74, 6) is -2.17. The number of hydrogen-bond acceptors (Lipinski definition) is 4. The molecule has 1 aromatic rings. The molecule has 1 rings (SSSR count). The molecule has 0 aliphatic carbocycles. The van der Waals surface area contributed by atoms with Gasteiger partial charge in [-0.1, -0.05) is 0 Å². The average molecular weight is 268 g/mol. The summed E-state index contributed by atoms with van der Waals surface area (Å²) in [5.41, 5.74) is 0.223. The van der Waals surface area contributed by atoms with Crippen molar-refractivity contribution in [2.24, 2.45) is 0 Å². The first-order valence-electron chi connectivity index (χ1n) is 5.43. The Morgan fingerprint density at radius 3 is 2.42 bits per heavy atom. The molecule has 0 radical (unpaired) electrons. The van der Waals surface area contributed by atoms with Gasteiger partial charge in [-0.3, -0.25) is 14.4 Å². The molecule has 0 fully saturated rings. The van der Waals surface area contributed by atoms with Crippen molar-refractivity contribution in [2.45, 2.75) is 0 Å². The van der Waals surface area contributed by atoms with Crippen molar-refractivity contribution in [3.63, 3.8) is 0 Å². The Bertz CT molecular complexity index is 473. The highest BCUT2D eigenvalue weighted by atomic mass is 19.1. The maximum absolute atomic E-state index is 12.6. The van der Waals surface area contributed by atoms with Crippen LogP contribution < -0.4 is 10.6 Å². The molecule has 0 aromatic heterocycles. The molecular weight excluding hydrogens is 255 g/mol. The molecule has 0 heterocycles. The summed E-state index contributed by atoms with van der Waals surface area (Å²) in [7, 11) is 1.41. The van der Waals surface area contributed by atoms with Crippen molar-refractivity contribution in [1.82, 2.24) is 10.6 Å². The maximum atomic E-state index is 12.6. The second kappa shape index (κ2) is 7.10. The van der Waals surface area contributed by atoms with E-state index in [0.29, 0.717) is 0 Å². The predicted molar refractivity (Wildman–Crippen MR) is 63.8 cm³/mol. The summed E-state index contributed by atoms with van der Waals surface area (Å²) >= 11 is 0. The van der Waals surface area contributed by atoms with Crippen LogP contribution in [0.4, 0.5) is 4.39 Å².